The van der Waals surface area contributed by atoms with Gasteiger partial charge in [0.2, 0.25) is 12.2 Å². The van der Waals surface area contributed by atoms with Crippen LogP contribution in [0, 0.1) is 18.6 Å². The zero-order valence-corrected chi connectivity index (χ0v) is 18.2. The molecule has 32 heavy (non-hydrogen) atoms. The van der Waals surface area contributed by atoms with Crippen LogP contribution in [0.25, 0.3) is 0 Å². The molecule has 0 saturated carbocycles. The molecule has 0 bridgehead atoms. The Bertz CT molecular complexity index is 951. The van der Waals surface area contributed by atoms with Gasteiger partial charge >= 0.3 is 0 Å². The smallest absolute Gasteiger partial charge is 0.239 e. The first kappa shape index (κ1) is 24.3. The Hall–Kier alpha value is -2.31. The number of aliphatic hydroxyl groups is 4. The molecule has 1 unspecified atom stereocenters. The first-order chi connectivity index (χ1) is 15.1. The van der Waals surface area contributed by atoms with Crippen molar-refractivity contribution in [3.05, 3.63) is 40.6 Å². The van der Waals surface area contributed by atoms with Gasteiger partial charge in [0.1, 0.15) is 30.2 Å². The van der Waals surface area contributed by atoms with Crippen molar-refractivity contribution in [2.45, 2.75) is 63.9 Å². The van der Waals surface area contributed by atoms with E-state index in [9.17, 15) is 29.2 Å². The van der Waals surface area contributed by atoms with Crippen LogP contribution in [-0.2, 0) is 11.2 Å². The Labute approximate surface area is 183 Å². The minimum atomic E-state index is -1.64. The van der Waals surface area contributed by atoms with Crippen molar-refractivity contribution >= 4 is 0 Å². The first-order valence-electron chi connectivity index (χ1n) is 10.2. The number of ether oxygens (including phenoxy) is 3. The number of benzene rings is 1. The molecular weight excluding hydrogens is 430 g/mol. The highest BCUT2D eigenvalue weighted by Crippen LogP contribution is 2.32. The molecular formula is C21H28F2N2O7. The van der Waals surface area contributed by atoms with Crippen molar-refractivity contribution in [3.63, 3.8) is 0 Å². The third-order valence-corrected chi connectivity index (χ3v) is 5.49. The molecule has 1 aliphatic heterocycles. The largest absolute Gasteiger partial charge is 0.494 e. The second-order valence-corrected chi connectivity index (χ2v) is 7.98. The third-order valence-electron chi connectivity index (χ3n) is 5.49. The van der Waals surface area contributed by atoms with Crippen LogP contribution in [0.5, 0.6) is 11.6 Å². The summed E-state index contributed by atoms with van der Waals surface area (Å²) in [4.78, 5) is 0. The summed E-state index contributed by atoms with van der Waals surface area (Å²) in [6, 6.07) is 1.88. The van der Waals surface area contributed by atoms with E-state index in [0.717, 1.165) is 12.1 Å². The number of aromatic nitrogens is 2. The molecule has 5 atom stereocenters. The lowest BCUT2D eigenvalue weighted by Crippen LogP contribution is -2.60. The van der Waals surface area contributed by atoms with Crippen LogP contribution >= 0.6 is 0 Å². The maximum Gasteiger partial charge on any atom is 0.239 e. The number of halogens is 2. The van der Waals surface area contributed by atoms with Gasteiger partial charge in [0.15, 0.2) is 11.6 Å². The second-order valence-electron chi connectivity index (χ2n) is 7.98. The fourth-order valence-corrected chi connectivity index (χ4v) is 3.65. The molecule has 2 heterocycles. The molecule has 9 nitrogen and oxygen atoms in total. The van der Waals surface area contributed by atoms with Crippen molar-refractivity contribution < 1.29 is 43.4 Å². The second kappa shape index (κ2) is 9.67. The summed E-state index contributed by atoms with van der Waals surface area (Å²) in [7, 11) is 1.24. The van der Waals surface area contributed by atoms with Gasteiger partial charge < -0.3 is 34.6 Å². The highest BCUT2D eigenvalue weighted by atomic mass is 19.1. The van der Waals surface area contributed by atoms with Crippen molar-refractivity contribution in [1.82, 2.24) is 9.78 Å². The Morgan fingerprint density at radius 3 is 2.41 bits per heavy atom. The monoisotopic (exact) mass is 458 g/mol. The molecule has 3 rings (SSSR count). The van der Waals surface area contributed by atoms with Gasteiger partial charge in [-0.2, -0.15) is 0 Å². The van der Waals surface area contributed by atoms with Crippen LogP contribution in [0.15, 0.2) is 12.1 Å². The molecule has 1 saturated heterocycles. The lowest BCUT2D eigenvalue weighted by molar-refractivity contribution is -0.278. The predicted molar refractivity (Wildman–Crippen MR) is 107 cm³/mol. The molecule has 0 radical (unpaired) electrons. The third kappa shape index (κ3) is 4.57. The summed E-state index contributed by atoms with van der Waals surface area (Å²) in [5.41, 5.74) is 1.07. The molecule has 0 aliphatic carbocycles. The number of methoxy groups -OCH3 is 1. The maximum atomic E-state index is 14.6. The number of hydrogen-bond acceptors (Lipinski definition) is 8. The van der Waals surface area contributed by atoms with Crippen molar-refractivity contribution in [2.75, 3.05) is 13.7 Å². The normalized spacial score (nSPS) is 25.9. The zero-order valence-electron chi connectivity index (χ0n) is 18.2. The zero-order chi connectivity index (χ0) is 23.7. The first-order valence-corrected chi connectivity index (χ1v) is 10.2. The molecule has 0 spiro atoms. The van der Waals surface area contributed by atoms with E-state index in [-0.39, 0.29) is 29.7 Å². The van der Waals surface area contributed by atoms with E-state index in [4.69, 9.17) is 14.2 Å². The van der Waals surface area contributed by atoms with E-state index in [1.54, 1.807) is 11.6 Å². The molecule has 1 aliphatic rings. The van der Waals surface area contributed by atoms with Gasteiger partial charge in [-0.1, -0.05) is 0 Å². The van der Waals surface area contributed by atoms with Crippen LogP contribution in [0.4, 0.5) is 8.78 Å². The van der Waals surface area contributed by atoms with E-state index < -0.39 is 48.9 Å². The molecule has 1 aromatic heterocycles. The van der Waals surface area contributed by atoms with E-state index in [2.05, 4.69) is 5.10 Å². The highest BCUT2D eigenvalue weighted by molar-refractivity contribution is 5.39. The van der Waals surface area contributed by atoms with Crippen LogP contribution in [0.3, 0.4) is 0 Å². The van der Waals surface area contributed by atoms with Crippen LogP contribution in [0.2, 0.25) is 0 Å². The molecule has 4 N–H and O–H groups in total. The summed E-state index contributed by atoms with van der Waals surface area (Å²) in [5.74, 6) is -1.65. The number of hydrogen-bond donors (Lipinski definition) is 4. The number of rotatable bonds is 7. The van der Waals surface area contributed by atoms with Gasteiger partial charge in [-0.15, -0.1) is 5.10 Å². The molecule has 2 aromatic rings. The Balaban J connectivity index is 1.97. The van der Waals surface area contributed by atoms with E-state index in [0.29, 0.717) is 11.3 Å². The van der Waals surface area contributed by atoms with Crippen LogP contribution < -0.4 is 9.47 Å². The average molecular weight is 458 g/mol. The van der Waals surface area contributed by atoms with E-state index in [1.807, 2.05) is 13.8 Å². The lowest BCUT2D eigenvalue weighted by atomic mass is 9.99. The molecule has 178 valence electrons. The fraction of sp³-hybridized carbons (Fsp3) is 0.571. The van der Waals surface area contributed by atoms with Crippen molar-refractivity contribution in [2.24, 2.45) is 0 Å². The number of aliphatic hydroxyl groups excluding tert-OH is 4. The van der Waals surface area contributed by atoms with Gasteiger partial charge in [-0.3, -0.25) is 4.68 Å². The quantitative estimate of drug-likeness (QED) is 0.481. The molecule has 1 fully saturated rings. The van der Waals surface area contributed by atoms with Gasteiger partial charge in [0.25, 0.3) is 0 Å². The summed E-state index contributed by atoms with van der Waals surface area (Å²) >= 11 is 0. The fourth-order valence-electron chi connectivity index (χ4n) is 3.65. The number of nitrogens with zero attached hydrogens (tertiary/aromatic N) is 2. The minimum Gasteiger partial charge on any atom is -0.494 e. The summed E-state index contributed by atoms with van der Waals surface area (Å²) in [6.45, 7) is 4.86. The van der Waals surface area contributed by atoms with E-state index in [1.165, 1.54) is 7.11 Å². The van der Waals surface area contributed by atoms with Crippen molar-refractivity contribution in [3.8, 4) is 11.6 Å². The Kier molecular flexibility index (Phi) is 7.36. The molecule has 1 aromatic carbocycles. The molecule has 11 heteroatoms. The van der Waals surface area contributed by atoms with Crippen LogP contribution in [0.1, 0.15) is 36.7 Å². The average Bonchev–Trinajstić information content (AvgIpc) is 3.06. The Morgan fingerprint density at radius 2 is 1.81 bits per heavy atom. The standard InChI is InChI=1S/C21H28F2N2O7/c1-9(2)25-10(3)12(5-11-6-14(23)15(30-4)7-13(11)22)20(24-25)32-21-19(29)18(28)17(27)16(8-26)31-21/h6-7,9,16-19,21,26-29H,5,8H2,1-4H3/t16-,17-,18-,19-,21?/m1/s1. The molecule has 0 amide bonds. The van der Waals surface area contributed by atoms with E-state index >= 15 is 0 Å². The van der Waals surface area contributed by atoms with Gasteiger partial charge in [0, 0.05) is 29.8 Å². The summed E-state index contributed by atoms with van der Waals surface area (Å²) in [6.07, 6.45) is -7.52. The summed E-state index contributed by atoms with van der Waals surface area (Å²) in [5, 5.41) is 44.0. The highest BCUT2D eigenvalue weighted by Gasteiger charge is 2.45. The maximum absolute atomic E-state index is 14.6. The SMILES string of the molecule is COc1cc(F)c(Cc2c(OC3O[C@H](CO)[C@@H](O)[C@@H](O)[C@H]3O)nn(C(C)C)c2C)cc1F. The van der Waals surface area contributed by atoms with Crippen molar-refractivity contribution in [1.29, 1.82) is 0 Å². The topological polar surface area (TPSA) is 126 Å². The predicted octanol–water partition coefficient (Wildman–Crippen LogP) is 0.829. The minimum absolute atomic E-state index is 0.0174. The Morgan fingerprint density at radius 1 is 1.12 bits per heavy atom. The van der Waals surface area contributed by atoms with Gasteiger partial charge in [-0.25, -0.2) is 8.78 Å². The van der Waals surface area contributed by atoms with Gasteiger partial charge in [-0.05, 0) is 32.4 Å². The summed E-state index contributed by atoms with van der Waals surface area (Å²) < 4.78 is 46.3. The lowest BCUT2D eigenvalue weighted by Gasteiger charge is -2.39. The van der Waals surface area contributed by atoms with Crippen LogP contribution in [-0.4, -0.2) is 74.6 Å². The van der Waals surface area contributed by atoms with Gasteiger partial charge in [0.05, 0.1) is 13.7 Å².